The first-order valence-electron chi connectivity index (χ1n) is 7.51. The zero-order valence-corrected chi connectivity index (χ0v) is 12.2. The van der Waals surface area contributed by atoms with Crippen LogP contribution in [0.15, 0.2) is 0 Å². The van der Waals surface area contributed by atoms with Gasteiger partial charge >= 0.3 is 0 Å². The molecular weight excluding hydrogens is 208 g/mol. The summed E-state index contributed by atoms with van der Waals surface area (Å²) in [5.74, 6) is 2.81. The fraction of sp³-hybridized carbons (Fsp3) is 1.00. The highest BCUT2D eigenvalue weighted by molar-refractivity contribution is 4.86. The van der Waals surface area contributed by atoms with Crippen LogP contribution in [0.5, 0.6) is 0 Å². The third-order valence-electron chi connectivity index (χ3n) is 4.41. The van der Waals surface area contributed by atoms with Crippen molar-refractivity contribution >= 4 is 0 Å². The SMILES string of the molecule is CC(C)C[C@H]1CCN(CC2CN(C(C)C)C2)C1. The molecule has 100 valence electrons. The minimum atomic E-state index is 0.749. The van der Waals surface area contributed by atoms with Crippen molar-refractivity contribution in [3.8, 4) is 0 Å². The maximum absolute atomic E-state index is 2.72. The average Bonchev–Trinajstić information content (AvgIpc) is 2.56. The molecule has 0 saturated carbocycles. The molecule has 0 spiro atoms. The summed E-state index contributed by atoms with van der Waals surface area (Å²) in [7, 11) is 0. The zero-order valence-electron chi connectivity index (χ0n) is 12.2. The van der Waals surface area contributed by atoms with Gasteiger partial charge in [0.15, 0.2) is 0 Å². The van der Waals surface area contributed by atoms with E-state index < -0.39 is 0 Å². The molecule has 2 nitrogen and oxygen atoms in total. The lowest BCUT2D eigenvalue weighted by Crippen LogP contribution is -2.53. The highest BCUT2D eigenvalue weighted by Crippen LogP contribution is 2.26. The van der Waals surface area contributed by atoms with Gasteiger partial charge in [0.05, 0.1) is 0 Å². The van der Waals surface area contributed by atoms with Crippen molar-refractivity contribution in [3.05, 3.63) is 0 Å². The van der Waals surface area contributed by atoms with Crippen molar-refractivity contribution in [2.45, 2.75) is 46.6 Å². The van der Waals surface area contributed by atoms with Crippen LogP contribution < -0.4 is 0 Å². The monoisotopic (exact) mass is 238 g/mol. The van der Waals surface area contributed by atoms with Crippen molar-refractivity contribution in [2.75, 3.05) is 32.7 Å². The first kappa shape index (κ1) is 13.4. The van der Waals surface area contributed by atoms with Crippen LogP contribution in [0.4, 0.5) is 0 Å². The maximum atomic E-state index is 2.72. The Bertz CT molecular complexity index is 231. The Morgan fingerprint density at radius 2 is 1.71 bits per heavy atom. The van der Waals surface area contributed by atoms with Gasteiger partial charge in [-0.3, -0.25) is 0 Å². The Labute approximate surface area is 107 Å². The maximum Gasteiger partial charge on any atom is 0.00388 e. The molecule has 0 aromatic heterocycles. The average molecular weight is 238 g/mol. The van der Waals surface area contributed by atoms with Crippen LogP contribution in [-0.2, 0) is 0 Å². The molecular formula is C15H30N2. The Hall–Kier alpha value is -0.0800. The lowest BCUT2D eigenvalue weighted by atomic mass is 9.96. The van der Waals surface area contributed by atoms with Crippen molar-refractivity contribution in [3.63, 3.8) is 0 Å². The van der Waals surface area contributed by atoms with Crippen LogP contribution in [0.1, 0.15) is 40.5 Å². The van der Waals surface area contributed by atoms with Crippen LogP contribution in [0.2, 0.25) is 0 Å². The molecule has 1 atom stereocenters. The van der Waals surface area contributed by atoms with E-state index >= 15 is 0 Å². The van der Waals surface area contributed by atoms with E-state index in [1.807, 2.05) is 0 Å². The Kier molecular flexibility index (Phi) is 4.48. The lowest BCUT2D eigenvalue weighted by Gasteiger charge is -2.43. The van der Waals surface area contributed by atoms with Crippen LogP contribution in [0.3, 0.4) is 0 Å². The van der Waals surface area contributed by atoms with Gasteiger partial charge in [-0.2, -0.15) is 0 Å². The molecule has 2 aliphatic rings. The number of likely N-dealkylation sites (tertiary alicyclic amines) is 2. The van der Waals surface area contributed by atoms with Gasteiger partial charge in [0, 0.05) is 32.2 Å². The van der Waals surface area contributed by atoms with Crippen molar-refractivity contribution < 1.29 is 0 Å². The van der Waals surface area contributed by atoms with E-state index in [2.05, 4.69) is 37.5 Å². The van der Waals surface area contributed by atoms with Crippen molar-refractivity contribution in [1.29, 1.82) is 0 Å². The number of hydrogen-bond acceptors (Lipinski definition) is 2. The molecule has 2 fully saturated rings. The first-order valence-corrected chi connectivity index (χ1v) is 7.51. The number of hydrogen-bond donors (Lipinski definition) is 0. The van der Waals surface area contributed by atoms with Gasteiger partial charge in [-0.25, -0.2) is 0 Å². The highest BCUT2D eigenvalue weighted by atomic mass is 15.2. The molecule has 2 heteroatoms. The largest absolute Gasteiger partial charge is 0.303 e. The van der Waals surface area contributed by atoms with Gasteiger partial charge in [0.2, 0.25) is 0 Å². The minimum Gasteiger partial charge on any atom is -0.303 e. The summed E-state index contributed by atoms with van der Waals surface area (Å²) >= 11 is 0. The van der Waals surface area contributed by atoms with Gasteiger partial charge in [-0.05, 0) is 51.0 Å². The quantitative estimate of drug-likeness (QED) is 0.726. The molecule has 0 aromatic rings. The standard InChI is InChI=1S/C15H30N2/c1-12(2)7-14-5-6-16(8-14)9-15-10-17(11-15)13(3)4/h12-15H,5-11H2,1-4H3/t14-/m1/s1. The molecule has 2 rings (SSSR count). The van der Waals surface area contributed by atoms with E-state index in [4.69, 9.17) is 0 Å². The van der Waals surface area contributed by atoms with E-state index in [0.29, 0.717) is 0 Å². The van der Waals surface area contributed by atoms with E-state index in [-0.39, 0.29) is 0 Å². The fourth-order valence-electron chi connectivity index (χ4n) is 3.45. The van der Waals surface area contributed by atoms with Crippen LogP contribution in [0.25, 0.3) is 0 Å². The van der Waals surface area contributed by atoms with E-state index in [1.54, 1.807) is 0 Å². The van der Waals surface area contributed by atoms with Gasteiger partial charge in [0.25, 0.3) is 0 Å². The molecule has 0 aromatic carbocycles. The zero-order chi connectivity index (χ0) is 12.4. The second-order valence-corrected chi connectivity index (χ2v) is 6.96. The highest BCUT2D eigenvalue weighted by Gasteiger charge is 2.32. The second-order valence-electron chi connectivity index (χ2n) is 6.96. The van der Waals surface area contributed by atoms with E-state index in [9.17, 15) is 0 Å². The summed E-state index contributed by atoms with van der Waals surface area (Å²) in [4.78, 5) is 5.31. The molecule has 2 aliphatic heterocycles. The molecule has 17 heavy (non-hydrogen) atoms. The minimum absolute atomic E-state index is 0.749. The van der Waals surface area contributed by atoms with Crippen LogP contribution in [0, 0.1) is 17.8 Å². The molecule has 0 unspecified atom stereocenters. The van der Waals surface area contributed by atoms with E-state index in [1.165, 1.54) is 45.6 Å². The second kappa shape index (κ2) is 5.71. The third kappa shape index (κ3) is 3.69. The smallest absolute Gasteiger partial charge is 0.00388 e. The Balaban J connectivity index is 1.62. The number of rotatable bonds is 5. The normalized spacial score (nSPS) is 28.2. The van der Waals surface area contributed by atoms with E-state index in [0.717, 1.165) is 23.8 Å². The third-order valence-corrected chi connectivity index (χ3v) is 4.41. The van der Waals surface area contributed by atoms with Gasteiger partial charge in [0.1, 0.15) is 0 Å². The summed E-state index contributed by atoms with van der Waals surface area (Å²) in [6.45, 7) is 16.1. The first-order chi connectivity index (χ1) is 8.04. The number of nitrogens with zero attached hydrogens (tertiary/aromatic N) is 2. The summed E-state index contributed by atoms with van der Waals surface area (Å²) in [5.41, 5.74) is 0. The molecule has 0 aliphatic carbocycles. The topological polar surface area (TPSA) is 6.48 Å². The molecule has 0 bridgehead atoms. The fourth-order valence-corrected chi connectivity index (χ4v) is 3.45. The summed E-state index contributed by atoms with van der Waals surface area (Å²) in [6.07, 6.45) is 2.87. The molecule has 0 radical (unpaired) electrons. The van der Waals surface area contributed by atoms with Crippen LogP contribution in [-0.4, -0.2) is 48.6 Å². The van der Waals surface area contributed by atoms with Crippen molar-refractivity contribution in [1.82, 2.24) is 9.80 Å². The summed E-state index contributed by atoms with van der Waals surface area (Å²) in [5, 5.41) is 0. The van der Waals surface area contributed by atoms with Crippen molar-refractivity contribution in [2.24, 2.45) is 17.8 Å². The Morgan fingerprint density at radius 3 is 2.29 bits per heavy atom. The summed E-state index contributed by atoms with van der Waals surface area (Å²) in [6, 6.07) is 0.749. The molecule has 0 N–H and O–H groups in total. The molecule has 2 saturated heterocycles. The lowest BCUT2D eigenvalue weighted by molar-refractivity contribution is 0.0463. The predicted octanol–water partition coefficient (Wildman–Crippen LogP) is 2.69. The van der Waals surface area contributed by atoms with Gasteiger partial charge in [-0.15, -0.1) is 0 Å². The predicted molar refractivity (Wildman–Crippen MR) is 74.2 cm³/mol. The molecule has 2 heterocycles. The molecule has 0 amide bonds. The Morgan fingerprint density at radius 1 is 1.00 bits per heavy atom. The van der Waals surface area contributed by atoms with Gasteiger partial charge in [-0.1, -0.05) is 13.8 Å². The van der Waals surface area contributed by atoms with Gasteiger partial charge < -0.3 is 9.80 Å². The van der Waals surface area contributed by atoms with Crippen LogP contribution >= 0.6 is 0 Å². The summed E-state index contributed by atoms with van der Waals surface area (Å²) < 4.78 is 0.